The van der Waals surface area contributed by atoms with Gasteiger partial charge in [-0.1, -0.05) is 30.3 Å². The van der Waals surface area contributed by atoms with Crippen molar-refractivity contribution in [1.29, 1.82) is 0 Å². The van der Waals surface area contributed by atoms with Crippen LogP contribution in [-0.2, 0) is 17.9 Å². The average Bonchev–Trinajstić information content (AvgIpc) is 3.03. The smallest absolute Gasteiger partial charge is 0.224 e. The van der Waals surface area contributed by atoms with E-state index in [2.05, 4.69) is 34.0 Å². The summed E-state index contributed by atoms with van der Waals surface area (Å²) >= 11 is 1.73. The number of guanidine groups is 1. The Bertz CT molecular complexity index is 696. The van der Waals surface area contributed by atoms with Gasteiger partial charge in [0.1, 0.15) is 0 Å². The van der Waals surface area contributed by atoms with Gasteiger partial charge in [0.05, 0.1) is 6.54 Å². The predicted molar refractivity (Wildman–Crippen MR) is 105 cm³/mol. The molecule has 0 radical (unpaired) electrons. The molecule has 0 aliphatic heterocycles. The minimum Gasteiger partial charge on any atom is -0.356 e. The molecule has 0 aliphatic carbocycles. The van der Waals surface area contributed by atoms with Crippen molar-refractivity contribution < 1.29 is 4.79 Å². The fourth-order valence-electron chi connectivity index (χ4n) is 2.39. The lowest BCUT2D eigenvalue weighted by molar-refractivity contribution is -0.130. The highest BCUT2D eigenvalue weighted by atomic mass is 32.1. The summed E-state index contributed by atoms with van der Waals surface area (Å²) in [4.78, 5) is 19.5. The highest BCUT2D eigenvalue weighted by Crippen LogP contribution is 2.14. The van der Waals surface area contributed by atoms with Crippen molar-refractivity contribution in [3.63, 3.8) is 0 Å². The molecule has 2 aromatic rings. The Balaban J connectivity index is 1.70. The summed E-state index contributed by atoms with van der Waals surface area (Å²) < 4.78 is 0. The molecule has 25 heavy (non-hydrogen) atoms. The quantitative estimate of drug-likeness (QED) is 0.591. The van der Waals surface area contributed by atoms with Crippen molar-refractivity contribution in [2.24, 2.45) is 4.99 Å². The fourth-order valence-corrected chi connectivity index (χ4v) is 3.24. The summed E-state index contributed by atoms with van der Waals surface area (Å²) in [6.07, 6.45) is 0.433. The van der Waals surface area contributed by atoms with Crippen LogP contribution in [0.25, 0.3) is 0 Å². The Labute approximate surface area is 153 Å². The van der Waals surface area contributed by atoms with Gasteiger partial charge in [0, 0.05) is 38.5 Å². The van der Waals surface area contributed by atoms with E-state index in [4.69, 9.17) is 0 Å². The van der Waals surface area contributed by atoms with Gasteiger partial charge in [0.25, 0.3) is 0 Å². The lowest BCUT2D eigenvalue weighted by atomic mass is 10.2. The van der Waals surface area contributed by atoms with E-state index in [0.29, 0.717) is 25.5 Å². The molecule has 5 nitrogen and oxygen atoms in total. The van der Waals surface area contributed by atoms with E-state index in [1.165, 1.54) is 10.4 Å². The van der Waals surface area contributed by atoms with Crippen molar-refractivity contribution in [3.05, 3.63) is 57.8 Å². The number of rotatable bonds is 7. The van der Waals surface area contributed by atoms with E-state index in [0.717, 1.165) is 12.1 Å². The zero-order valence-corrected chi connectivity index (χ0v) is 15.9. The molecule has 0 bridgehead atoms. The maximum atomic E-state index is 12.2. The van der Waals surface area contributed by atoms with Crippen molar-refractivity contribution in [2.45, 2.75) is 26.4 Å². The molecule has 2 N–H and O–H groups in total. The molecule has 1 aromatic carbocycles. The molecule has 0 aliphatic rings. The number of aryl methyl sites for hydroxylation is 1. The van der Waals surface area contributed by atoms with Crippen LogP contribution >= 0.6 is 11.3 Å². The van der Waals surface area contributed by atoms with Crippen LogP contribution in [-0.4, -0.2) is 37.4 Å². The van der Waals surface area contributed by atoms with Gasteiger partial charge in [-0.05, 0) is 29.5 Å². The standard InChI is InChI=1S/C19H26N4OS/c1-15-10-12-25-17(15)13-22-19(20-2)21-11-9-18(24)23(3)14-16-7-5-4-6-8-16/h4-8,10,12H,9,11,13-14H2,1-3H3,(H2,20,21,22). The molecule has 1 heterocycles. The second kappa shape index (κ2) is 9.84. The van der Waals surface area contributed by atoms with Crippen LogP contribution in [0.5, 0.6) is 0 Å². The van der Waals surface area contributed by atoms with Gasteiger partial charge in [-0.2, -0.15) is 0 Å². The molecule has 2 rings (SSSR count). The van der Waals surface area contributed by atoms with Gasteiger partial charge in [0.15, 0.2) is 5.96 Å². The van der Waals surface area contributed by atoms with Crippen LogP contribution in [0.15, 0.2) is 46.8 Å². The molecule has 0 saturated heterocycles. The van der Waals surface area contributed by atoms with Gasteiger partial charge in [-0.3, -0.25) is 9.79 Å². The monoisotopic (exact) mass is 358 g/mol. The zero-order valence-electron chi connectivity index (χ0n) is 15.1. The third kappa shape index (κ3) is 6.23. The second-order valence-electron chi connectivity index (χ2n) is 5.86. The Morgan fingerprint density at radius 3 is 2.60 bits per heavy atom. The topological polar surface area (TPSA) is 56.7 Å². The normalized spacial score (nSPS) is 11.2. The van der Waals surface area contributed by atoms with Crippen molar-refractivity contribution in [3.8, 4) is 0 Å². The number of nitrogens with zero attached hydrogens (tertiary/aromatic N) is 2. The summed E-state index contributed by atoms with van der Waals surface area (Å²) in [5.74, 6) is 0.826. The highest BCUT2D eigenvalue weighted by Gasteiger charge is 2.09. The second-order valence-corrected chi connectivity index (χ2v) is 6.87. The third-order valence-corrected chi connectivity index (χ3v) is 4.95. The third-order valence-electron chi connectivity index (χ3n) is 3.93. The van der Waals surface area contributed by atoms with Gasteiger partial charge in [-0.15, -0.1) is 11.3 Å². The number of hydrogen-bond acceptors (Lipinski definition) is 3. The van der Waals surface area contributed by atoms with E-state index in [1.807, 2.05) is 37.4 Å². The molecule has 0 spiro atoms. The largest absolute Gasteiger partial charge is 0.356 e. The molecule has 6 heteroatoms. The highest BCUT2D eigenvalue weighted by molar-refractivity contribution is 7.10. The maximum absolute atomic E-state index is 12.2. The molecular weight excluding hydrogens is 332 g/mol. The minimum absolute atomic E-state index is 0.112. The van der Waals surface area contributed by atoms with Gasteiger partial charge >= 0.3 is 0 Å². The van der Waals surface area contributed by atoms with Crippen molar-refractivity contribution in [2.75, 3.05) is 20.6 Å². The van der Waals surface area contributed by atoms with E-state index < -0.39 is 0 Å². The summed E-state index contributed by atoms with van der Waals surface area (Å²) in [5.41, 5.74) is 2.42. The maximum Gasteiger partial charge on any atom is 0.224 e. The van der Waals surface area contributed by atoms with E-state index in [-0.39, 0.29) is 5.91 Å². The number of carbonyl (C=O) groups excluding carboxylic acids is 1. The van der Waals surface area contributed by atoms with Crippen LogP contribution in [0.1, 0.15) is 22.4 Å². The van der Waals surface area contributed by atoms with Crippen LogP contribution in [0.2, 0.25) is 0 Å². The Kier molecular flexibility index (Phi) is 7.47. The number of carbonyl (C=O) groups is 1. The molecule has 1 aromatic heterocycles. The van der Waals surface area contributed by atoms with Crippen LogP contribution < -0.4 is 10.6 Å². The zero-order chi connectivity index (χ0) is 18.1. The van der Waals surface area contributed by atoms with E-state index >= 15 is 0 Å². The Morgan fingerprint density at radius 2 is 1.96 bits per heavy atom. The van der Waals surface area contributed by atoms with Crippen LogP contribution in [0.4, 0.5) is 0 Å². The van der Waals surface area contributed by atoms with E-state index in [1.54, 1.807) is 23.3 Å². The molecule has 0 saturated carbocycles. The summed E-state index contributed by atoms with van der Waals surface area (Å²) in [6.45, 7) is 4.03. The SMILES string of the molecule is CN=C(NCCC(=O)N(C)Cc1ccccc1)NCc1sccc1C. The van der Waals surface area contributed by atoms with Crippen molar-refractivity contribution >= 4 is 23.2 Å². The summed E-state index contributed by atoms with van der Waals surface area (Å²) in [5, 5.41) is 8.56. The van der Waals surface area contributed by atoms with Crippen LogP contribution in [0.3, 0.4) is 0 Å². The number of benzene rings is 1. The molecule has 0 fully saturated rings. The summed E-state index contributed by atoms with van der Waals surface area (Å²) in [6, 6.07) is 12.1. The molecule has 134 valence electrons. The number of hydrogen-bond donors (Lipinski definition) is 2. The summed E-state index contributed by atoms with van der Waals surface area (Å²) in [7, 11) is 3.57. The average molecular weight is 359 g/mol. The van der Waals surface area contributed by atoms with Gasteiger partial charge in [0.2, 0.25) is 5.91 Å². The number of aliphatic imine (C=N–C) groups is 1. The van der Waals surface area contributed by atoms with Crippen LogP contribution in [0, 0.1) is 6.92 Å². The van der Waals surface area contributed by atoms with Crippen molar-refractivity contribution in [1.82, 2.24) is 15.5 Å². The van der Waals surface area contributed by atoms with Gasteiger partial charge in [-0.25, -0.2) is 0 Å². The Morgan fingerprint density at radius 1 is 1.20 bits per heavy atom. The Hall–Kier alpha value is -2.34. The molecule has 0 unspecified atom stereocenters. The number of amides is 1. The predicted octanol–water partition coefficient (Wildman–Crippen LogP) is 2.77. The number of thiophene rings is 1. The number of nitrogens with one attached hydrogen (secondary N) is 2. The first-order valence-corrected chi connectivity index (χ1v) is 9.23. The lowest BCUT2D eigenvalue weighted by Gasteiger charge is -2.18. The molecule has 1 amide bonds. The molecule has 0 atom stereocenters. The van der Waals surface area contributed by atoms with E-state index in [9.17, 15) is 4.79 Å². The fraction of sp³-hybridized carbons (Fsp3) is 0.368. The first-order chi connectivity index (χ1) is 12.1. The first-order valence-electron chi connectivity index (χ1n) is 8.35. The molecular formula is C19H26N4OS. The minimum atomic E-state index is 0.112. The first kappa shape index (κ1) is 19.0. The van der Waals surface area contributed by atoms with Gasteiger partial charge < -0.3 is 15.5 Å². The lowest BCUT2D eigenvalue weighted by Crippen LogP contribution is -2.39.